The molecule has 0 amide bonds. The molecule has 0 spiro atoms. The predicted molar refractivity (Wildman–Crippen MR) is 81.5 cm³/mol. The van der Waals surface area contributed by atoms with Gasteiger partial charge in [-0.05, 0) is 30.2 Å². The quantitative estimate of drug-likeness (QED) is 0.908. The Balaban J connectivity index is 2.45. The fourth-order valence-corrected chi connectivity index (χ4v) is 2.51. The van der Waals surface area contributed by atoms with Crippen molar-refractivity contribution in [2.75, 3.05) is 14.2 Å². The van der Waals surface area contributed by atoms with Crippen molar-refractivity contribution >= 4 is 0 Å². The molecule has 2 N–H and O–H groups in total. The normalized spacial score (nSPS) is 13.6. The fraction of sp³-hybridized carbons (Fsp3) is 0.294. The maximum Gasteiger partial charge on any atom is 0.161 e. The van der Waals surface area contributed by atoms with E-state index >= 15 is 0 Å². The maximum atomic E-state index is 6.19. The molecular formula is C17H21NO2. The third-order valence-electron chi connectivity index (χ3n) is 3.45. The summed E-state index contributed by atoms with van der Waals surface area (Å²) >= 11 is 0. The van der Waals surface area contributed by atoms with Crippen LogP contribution in [0.15, 0.2) is 48.5 Å². The summed E-state index contributed by atoms with van der Waals surface area (Å²) < 4.78 is 10.7. The zero-order valence-electron chi connectivity index (χ0n) is 12.2. The van der Waals surface area contributed by atoms with Crippen LogP contribution < -0.4 is 15.2 Å². The van der Waals surface area contributed by atoms with Crippen molar-refractivity contribution in [2.24, 2.45) is 5.73 Å². The van der Waals surface area contributed by atoms with E-state index in [2.05, 4.69) is 12.1 Å². The van der Waals surface area contributed by atoms with Gasteiger partial charge in [-0.3, -0.25) is 0 Å². The summed E-state index contributed by atoms with van der Waals surface area (Å²) in [5.41, 5.74) is 8.52. The average Bonchev–Trinajstić information content (AvgIpc) is 2.48. The van der Waals surface area contributed by atoms with E-state index in [4.69, 9.17) is 15.2 Å². The summed E-state index contributed by atoms with van der Waals surface area (Å²) in [5, 5.41) is 0. The van der Waals surface area contributed by atoms with Gasteiger partial charge in [0.25, 0.3) is 0 Å². The lowest BCUT2D eigenvalue weighted by Crippen LogP contribution is -2.25. The number of nitrogens with two attached hydrogens (primary N) is 1. The molecule has 2 unspecified atom stereocenters. The second-order valence-corrected chi connectivity index (χ2v) is 4.86. The highest BCUT2D eigenvalue weighted by molar-refractivity contribution is 5.46. The van der Waals surface area contributed by atoms with Crippen molar-refractivity contribution in [3.63, 3.8) is 0 Å². The van der Waals surface area contributed by atoms with Crippen molar-refractivity contribution in [1.82, 2.24) is 0 Å². The van der Waals surface area contributed by atoms with Crippen molar-refractivity contribution in [2.45, 2.75) is 18.9 Å². The average molecular weight is 271 g/mol. The lowest BCUT2D eigenvalue weighted by molar-refractivity contribution is 0.354. The van der Waals surface area contributed by atoms with E-state index in [9.17, 15) is 0 Å². The van der Waals surface area contributed by atoms with E-state index in [-0.39, 0.29) is 12.0 Å². The molecule has 3 nitrogen and oxygen atoms in total. The van der Waals surface area contributed by atoms with E-state index in [1.807, 2.05) is 43.3 Å². The zero-order chi connectivity index (χ0) is 14.5. The maximum absolute atomic E-state index is 6.19. The van der Waals surface area contributed by atoms with Crippen LogP contribution >= 0.6 is 0 Å². The Kier molecular flexibility index (Phi) is 4.64. The molecule has 0 bridgehead atoms. The molecule has 0 aliphatic rings. The van der Waals surface area contributed by atoms with Gasteiger partial charge < -0.3 is 15.2 Å². The van der Waals surface area contributed by atoms with Crippen LogP contribution in [0.4, 0.5) is 0 Å². The Hall–Kier alpha value is -2.00. The Bertz CT molecular complexity index is 552. The Morgan fingerprint density at radius 1 is 0.850 bits per heavy atom. The number of hydrogen-bond donors (Lipinski definition) is 1. The molecule has 2 rings (SSSR count). The van der Waals surface area contributed by atoms with E-state index in [1.165, 1.54) is 5.56 Å². The van der Waals surface area contributed by atoms with Gasteiger partial charge in [0.05, 0.1) is 14.2 Å². The molecule has 0 aliphatic heterocycles. The van der Waals surface area contributed by atoms with E-state index < -0.39 is 0 Å². The first-order chi connectivity index (χ1) is 9.67. The molecule has 0 radical (unpaired) electrons. The van der Waals surface area contributed by atoms with Gasteiger partial charge in [0.1, 0.15) is 0 Å². The number of methoxy groups -OCH3 is 2. The van der Waals surface area contributed by atoms with E-state index in [1.54, 1.807) is 14.2 Å². The lowest BCUT2D eigenvalue weighted by Gasteiger charge is -2.23. The summed E-state index contributed by atoms with van der Waals surface area (Å²) in [7, 11) is 3.28. The summed E-state index contributed by atoms with van der Waals surface area (Å²) in [4.78, 5) is 0. The van der Waals surface area contributed by atoms with Crippen LogP contribution in [0.25, 0.3) is 0 Å². The van der Waals surface area contributed by atoms with Crippen LogP contribution in [0.5, 0.6) is 11.5 Å². The molecule has 2 aromatic rings. The number of rotatable bonds is 5. The van der Waals surface area contributed by atoms with Gasteiger partial charge in [-0.1, -0.05) is 36.4 Å². The summed E-state index contributed by atoms with van der Waals surface area (Å²) in [5.74, 6) is 1.59. The van der Waals surface area contributed by atoms with Gasteiger partial charge in [-0.25, -0.2) is 0 Å². The third kappa shape index (κ3) is 2.94. The Morgan fingerprint density at radius 2 is 1.50 bits per heavy atom. The van der Waals surface area contributed by atoms with Crippen LogP contribution in [0, 0.1) is 0 Å². The molecule has 0 aromatic heterocycles. The molecule has 0 aliphatic carbocycles. The predicted octanol–water partition coefficient (Wildman–Crippen LogP) is 3.18. The minimum absolute atomic E-state index is 0.00972. The van der Waals surface area contributed by atoms with Crippen LogP contribution in [0.2, 0.25) is 0 Å². The molecule has 0 heterocycles. The number of hydrogen-bond acceptors (Lipinski definition) is 3. The van der Waals surface area contributed by atoms with Gasteiger partial charge in [-0.2, -0.15) is 0 Å². The first-order valence-corrected chi connectivity index (χ1v) is 6.69. The molecule has 0 fully saturated rings. The summed E-state index contributed by atoms with van der Waals surface area (Å²) in [6.45, 7) is 2.02. The fourth-order valence-electron chi connectivity index (χ4n) is 2.51. The molecule has 0 saturated carbocycles. The second kappa shape index (κ2) is 6.44. The van der Waals surface area contributed by atoms with Crippen molar-refractivity contribution in [3.8, 4) is 11.5 Å². The molecule has 2 atom stereocenters. The molecule has 0 saturated heterocycles. The van der Waals surface area contributed by atoms with Crippen molar-refractivity contribution in [3.05, 3.63) is 59.7 Å². The van der Waals surface area contributed by atoms with Gasteiger partial charge in [0, 0.05) is 12.0 Å². The number of ether oxygens (including phenoxy) is 2. The number of benzene rings is 2. The topological polar surface area (TPSA) is 44.5 Å². The standard InChI is InChI=1S/C17H21NO2/c1-12(18)17(13-7-5-4-6-8-13)14-9-10-15(19-2)16(11-14)20-3/h4-12,17H,18H2,1-3H3. The summed E-state index contributed by atoms with van der Waals surface area (Å²) in [6.07, 6.45) is 0. The van der Waals surface area contributed by atoms with Gasteiger partial charge >= 0.3 is 0 Å². The molecule has 106 valence electrons. The van der Waals surface area contributed by atoms with Gasteiger partial charge in [0.2, 0.25) is 0 Å². The van der Waals surface area contributed by atoms with Crippen molar-refractivity contribution in [1.29, 1.82) is 0 Å². The van der Waals surface area contributed by atoms with Crippen LogP contribution in [-0.4, -0.2) is 20.3 Å². The first kappa shape index (κ1) is 14.4. The molecule has 3 heteroatoms. The van der Waals surface area contributed by atoms with Gasteiger partial charge in [0.15, 0.2) is 11.5 Å². The molecular weight excluding hydrogens is 250 g/mol. The highest BCUT2D eigenvalue weighted by Crippen LogP contribution is 2.34. The highest BCUT2D eigenvalue weighted by atomic mass is 16.5. The van der Waals surface area contributed by atoms with Crippen LogP contribution in [0.3, 0.4) is 0 Å². The molecule has 20 heavy (non-hydrogen) atoms. The zero-order valence-corrected chi connectivity index (χ0v) is 12.2. The van der Waals surface area contributed by atoms with Crippen LogP contribution in [0.1, 0.15) is 24.0 Å². The first-order valence-electron chi connectivity index (χ1n) is 6.69. The largest absolute Gasteiger partial charge is 0.493 e. The monoisotopic (exact) mass is 271 g/mol. The minimum Gasteiger partial charge on any atom is -0.493 e. The third-order valence-corrected chi connectivity index (χ3v) is 3.45. The molecule has 2 aromatic carbocycles. The SMILES string of the molecule is COc1ccc(C(c2ccccc2)C(C)N)cc1OC. The van der Waals surface area contributed by atoms with Gasteiger partial charge in [-0.15, -0.1) is 0 Å². The summed E-state index contributed by atoms with van der Waals surface area (Å²) in [6, 6.07) is 16.3. The van der Waals surface area contributed by atoms with E-state index in [0.29, 0.717) is 0 Å². The minimum atomic E-state index is 0.00972. The van der Waals surface area contributed by atoms with Crippen molar-refractivity contribution < 1.29 is 9.47 Å². The van der Waals surface area contributed by atoms with Crippen LogP contribution in [-0.2, 0) is 0 Å². The Labute approximate surface area is 120 Å². The van der Waals surface area contributed by atoms with E-state index in [0.717, 1.165) is 17.1 Å². The highest BCUT2D eigenvalue weighted by Gasteiger charge is 2.20. The lowest BCUT2D eigenvalue weighted by atomic mass is 9.86. The Morgan fingerprint density at radius 3 is 2.05 bits per heavy atom. The smallest absolute Gasteiger partial charge is 0.161 e. The second-order valence-electron chi connectivity index (χ2n) is 4.86.